The molecule has 7 nitrogen and oxygen atoms in total. The van der Waals surface area contributed by atoms with E-state index in [-0.39, 0.29) is 11.8 Å². The standard InChI is InChI=1S/C23H24N6OS/c1-16-7-9-17(10-8-16)20-15-29-22(26-20)31-23(27-29)28-12-4-5-18(14-28)21(30)25-13-19-6-2-3-11-24-19/h2-3,6-11,15,18H,4-5,12-14H2,1H3,(H,25,30)/t18-/m1/s1. The van der Waals surface area contributed by atoms with Gasteiger partial charge in [-0.2, -0.15) is 0 Å². The number of imidazole rings is 1. The number of aromatic nitrogens is 4. The second kappa shape index (κ2) is 8.47. The van der Waals surface area contributed by atoms with Crippen molar-refractivity contribution < 1.29 is 4.79 Å². The van der Waals surface area contributed by atoms with Gasteiger partial charge < -0.3 is 10.2 Å². The van der Waals surface area contributed by atoms with Crippen LogP contribution in [0.15, 0.2) is 54.9 Å². The second-order valence-corrected chi connectivity index (χ2v) is 8.86. The van der Waals surface area contributed by atoms with E-state index in [9.17, 15) is 4.79 Å². The number of nitrogens with zero attached hydrogens (tertiary/aromatic N) is 5. The number of pyridine rings is 1. The van der Waals surface area contributed by atoms with Crippen LogP contribution in [0.3, 0.4) is 0 Å². The molecule has 4 heterocycles. The van der Waals surface area contributed by atoms with Crippen molar-refractivity contribution in [2.45, 2.75) is 26.3 Å². The van der Waals surface area contributed by atoms with Crippen molar-refractivity contribution in [3.05, 3.63) is 66.1 Å². The van der Waals surface area contributed by atoms with Crippen LogP contribution in [0.2, 0.25) is 0 Å². The molecule has 1 N–H and O–H groups in total. The fourth-order valence-corrected chi connectivity index (χ4v) is 4.79. The summed E-state index contributed by atoms with van der Waals surface area (Å²) < 4.78 is 1.85. The summed E-state index contributed by atoms with van der Waals surface area (Å²) in [6.45, 7) is 4.12. The van der Waals surface area contributed by atoms with Crippen LogP contribution in [0.25, 0.3) is 16.2 Å². The topological polar surface area (TPSA) is 75.4 Å². The van der Waals surface area contributed by atoms with Crippen LogP contribution < -0.4 is 10.2 Å². The van der Waals surface area contributed by atoms with Gasteiger partial charge in [0.15, 0.2) is 0 Å². The minimum absolute atomic E-state index is 0.0446. The number of aryl methyl sites for hydroxylation is 1. The number of benzene rings is 1. The van der Waals surface area contributed by atoms with E-state index in [1.807, 2.05) is 28.9 Å². The third-order valence-electron chi connectivity index (χ3n) is 5.61. The lowest BCUT2D eigenvalue weighted by atomic mass is 9.97. The van der Waals surface area contributed by atoms with Crippen LogP contribution >= 0.6 is 11.3 Å². The zero-order valence-corrected chi connectivity index (χ0v) is 18.2. The molecule has 0 unspecified atom stereocenters. The molecule has 0 saturated carbocycles. The maximum atomic E-state index is 12.7. The van der Waals surface area contributed by atoms with E-state index in [0.717, 1.165) is 46.4 Å². The molecule has 1 fully saturated rings. The zero-order chi connectivity index (χ0) is 21.2. The number of nitrogens with one attached hydrogen (secondary N) is 1. The van der Waals surface area contributed by atoms with Gasteiger partial charge in [-0.25, -0.2) is 9.50 Å². The van der Waals surface area contributed by atoms with Crippen molar-refractivity contribution in [2.24, 2.45) is 5.92 Å². The molecule has 0 radical (unpaired) electrons. The molecule has 8 heteroatoms. The van der Waals surface area contributed by atoms with Gasteiger partial charge in [0, 0.05) is 24.8 Å². The second-order valence-electron chi connectivity index (χ2n) is 7.93. The number of anilines is 1. The van der Waals surface area contributed by atoms with Gasteiger partial charge in [-0.15, -0.1) is 5.10 Å². The zero-order valence-electron chi connectivity index (χ0n) is 17.4. The Kier molecular flexibility index (Phi) is 5.38. The van der Waals surface area contributed by atoms with Crippen LogP contribution in [0.5, 0.6) is 0 Å². The number of fused-ring (bicyclic) bond motifs is 1. The summed E-state index contributed by atoms with van der Waals surface area (Å²) in [5.74, 6) is 0.0372. The van der Waals surface area contributed by atoms with Crippen LogP contribution in [0.1, 0.15) is 24.1 Å². The number of amides is 1. The van der Waals surface area contributed by atoms with Crippen molar-refractivity contribution in [3.8, 4) is 11.3 Å². The van der Waals surface area contributed by atoms with Gasteiger partial charge in [0.25, 0.3) is 0 Å². The lowest BCUT2D eigenvalue weighted by molar-refractivity contribution is -0.125. The third kappa shape index (κ3) is 4.29. The smallest absolute Gasteiger partial charge is 0.225 e. The first-order valence-electron chi connectivity index (χ1n) is 10.5. The molecule has 1 amide bonds. The van der Waals surface area contributed by atoms with Crippen molar-refractivity contribution in [1.29, 1.82) is 0 Å². The fraction of sp³-hybridized carbons (Fsp3) is 0.304. The average Bonchev–Trinajstić information content (AvgIpc) is 3.38. The molecule has 0 bridgehead atoms. The van der Waals surface area contributed by atoms with E-state index < -0.39 is 0 Å². The first-order valence-corrected chi connectivity index (χ1v) is 11.3. The minimum Gasteiger partial charge on any atom is -0.350 e. The molecule has 4 aromatic rings. The number of carbonyl (C=O) groups is 1. The summed E-state index contributed by atoms with van der Waals surface area (Å²) in [5, 5.41) is 8.69. The molecule has 31 heavy (non-hydrogen) atoms. The first-order chi connectivity index (χ1) is 15.2. The van der Waals surface area contributed by atoms with Crippen LogP contribution in [0.4, 0.5) is 5.13 Å². The third-order valence-corrected chi connectivity index (χ3v) is 6.60. The molecule has 1 atom stereocenters. The van der Waals surface area contributed by atoms with E-state index in [4.69, 9.17) is 10.1 Å². The quantitative estimate of drug-likeness (QED) is 0.521. The average molecular weight is 433 g/mol. The highest BCUT2D eigenvalue weighted by molar-refractivity contribution is 7.20. The Hall–Kier alpha value is -3.26. The van der Waals surface area contributed by atoms with Crippen LogP contribution in [-0.2, 0) is 11.3 Å². The fourth-order valence-electron chi connectivity index (χ4n) is 3.87. The predicted molar refractivity (Wildman–Crippen MR) is 122 cm³/mol. The van der Waals surface area contributed by atoms with Crippen molar-refractivity contribution in [3.63, 3.8) is 0 Å². The molecule has 0 spiro atoms. The highest BCUT2D eigenvalue weighted by Crippen LogP contribution is 2.30. The number of hydrogen-bond acceptors (Lipinski definition) is 6. The molecule has 158 valence electrons. The SMILES string of the molecule is Cc1ccc(-c2cn3nc(N4CCC[C@@H](C(=O)NCc5ccccn5)C4)sc3n2)cc1. The molecule has 3 aromatic heterocycles. The highest BCUT2D eigenvalue weighted by Gasteiger charge is 2.28. The Morgan fingerprint density at radius 1 is 1.23 bits per heavy atom. The van der Waals surface area contributed by atoms with Gasteiger partial charge in [0.05, 0.1) is 30.0 Å². The molecular weight excluding hydrogens is 408 g/mol. The number of rotatable bonds is 5. The molecule has 1 aliphatic rings. The summed E-state index contributed by atoms with van der Waals surface area (Å²) >= 11 is 1.57. The Balaban J connectivity index is 1.25. The van der Waals surface area contributed by atoms with E-state index in [1.54, 1.807) is 17.5 Å². The van der Waals surface area contributed by atoms with E-state index in [1.165, 1.54) is 5.56 Å². The van der Waals surface area contributed by atoms with Gasteiger partial charge in [0.1, 0.15) is 0 Å². The Morgan fingerprint density at radius 3 is 2.87 bits per heavy atom. The largest absolute Gasteiger partial charge is 0.350 e. The first kappa shape index (κ1) is 19.7. The van der Waals surface area contributed by atoms with Gasteiger partial charge in [-0.1, -0.05) is 47.2 Å². The summed E-state index contributed by atoms with van der Waals surface area (Å²) in [5.41, 5.74) is 4.12. The van der Waals surface area contributed by atoms with Gasteiger partial charge >= 0.3 is 0 Å². The number of piperidine rings is 1. The van der Waals surface area contributed by atoms with Crippen LogP contribution in [-0.4, -0.2) is 38.6 Å². The summed E-state index contributed by atoms with van der Waals surface area (Å²) in [4.78, 5) is 24.8. The molecule has 1 aromatic carbocycles. The summed E-state index contributed by atoms with van der Waals surface area (Å²) in [7, 11) is 0. The summed E-state index contributed by atoms with van der Waals surface area (Å²) in [6.07, 6.45) is 5.58. The number of hydrogen-bond donors (Lipinski definition) is 1. The molecule has 1 saturated heterocycles. The monoisotopic (exact) mass is 432 g/mol. The van der Waals surface area contributed by atoms with Gasteiger partial charge in [0.2, 0.25) is 16.0 Å². The molecule has 5 rings (SSSR count). The maximum absolute atomic E-state index is 12.7. The van der Waals surface area contributed by atoms with Crippen molar-refractivity contribution >= 4 is 27.3 Å². The Bertz CT molecular complexity index is 1150. The highest BCUT2D eigenvalue weighted by atomic mass is 32.1. The van der Waals surface area contributed by atoms with Crippen molar-refractivity contribution in [2.75, 3.05) is 18.0 Å². The summed E-state index contributed by atoms with van der Waals surface area (Å²) in [6, 6.07) is 14.1. The Morgan fingerprint density at radius 2 is 2.10 bits per heavy atom. The lowest BCUT2D eigenvalue weighted by Gasteiger charge is -2.31. The van der Waals surface area contributed by atoms with Gasteiger partial charge in [-0.05, 0) is 31.9 Å². The van der Waals surface area contributed by atoms with Gasteiger partial charge in [-0.3, -0.25) is 9.78 Å². The Labute approximate surface area is 184 Å². The molecule has 0 aliphatic carbocycles. The van der Waals surface area contributed by atoms with E-state index in [0.29, 0.717) is 13.1 Å². The van der Waals surface area contributed by atoms with E-state index >= 15 is 0 Å². The van der Waals surface area contributed by atoms with Crippen molar-refractivity contribution in [1.82, 2.24) is 24.9 Å². The minimum atomic E-state index is -0.0446. The molecular formula is C23H24N6OS. The maximum Gasteiger partial charge on any atom is 0.225 e. The van der Waals surface area contributed by atoms with E-state index in [2.05, 4.69) is 46.4 Å². The lowest BCUT2D eigenvalue weighted by Crippen LogP contribution is -2.43. The van der Waals surface area contributed by atoms with Crippen LogP contribution in [0, 0.1) is 12.8 Å². The normalized spacial score (nSPS) is 16.5. The predicted octanol–water partition coefficient (Wildman–Crippen LogP) is 3.69. The molecule has 1 aliphatic heterocycles. The number of carbonyl (C=O) groups excluding carboxylic acids is 1.